The Kier molecular flexibility index (Phi) is 6.93. The monoisotopic (exact) mass is 352 g/mol. The first-order chi connectivity index (χ1) is 11.6. The van der Waals surface area contributed by atoms with Gasteiger partial charge in [-0.1, -0.05) is 6.07 Å². The van der Waals surface area contributed by atoms with Gasteiger partial charge in [0.1, 0.15) is 11.9 Å². The normalized spacial score (nSPS) is 16.0. The van der Waals surface area contributed by atoms with E-state index >= 15 is 0 Å². The van der Waals surface area contributed by atoms with Gasteiger partial charge in [-0.25, -0.2) is 0 Å². The number of ether oxygens (including phenoxy) is 1. The highest BCUT2D eigenvalue weighted by molar-refractivity contribution is 7.98. The molecule has 132 valence electrons. The van der Waals surface area contributed by atoms with Crippen molar-refractivity contribution in [1.29, 1.82) is 0 Å². The molecule has 1 aliphatic rings. The maximum absolute atomic E-state index is 12.5. The maximum atomic E-state index is 12.5. The molecular formula is C17H24N2O4S. The average Bonchev–Trinajstić information content (AvgIpc) is 2.65. The molecule has 7 heteroatoms. The van der Waals surface area contributed by atoms with Crippen LogP contribution < -0.4 is 4.74 Å². The number of hydrogen-bond donors (Lipinski definition) is 1. The number of aliphatic hydroxyl groups excluding tert-OH is 1. The molecule has 1 aromatic carbocycles. The summed E-state index contributed by atoms with van der Waals surface area (Å²) in [5.74, 6) is 1.09. The van der Waals surface area contributed by atoms with Crippen LogP contribution in [-0.2, 0) is 4.79 Å². The maximum Gasteiger partial charge on any atom is 0.254 e. The van der Waals surface area contributed by atoms with Gasteiger partial charge in [0, 0.05) is 31.7 Å². The lowest BCUT2D eigenvalue weighted by molar-refractivity contribution is -0.141. The fraction of sp³-hybridized carbons (Fsp3) is 0.529. The molecule has 0 bridgehead atoms. The second-order valence-electron chi connectivity index (χ2n) is 5.65. The Bertz CT molecular complexity index is 573. The summed E-state index contributed by atoms with van der Waals surface area (Å²) in [4.78, 5) is 28.1. The minimum atomic E-state index is -0.946. The van der Waals surface area contributed by atoms with Crippen molar-refractivity contribution in [2.45, 2.75) is 12.5 Å². The van der Waals surface area contributed by atoms with Gasteiger partial charge in [-0.05, 0) is 36.6 Å². The molecule has 0 unspecified atom stereocenters. The quantitative estimate of drug-likeness (QED) is 0.830. The summed E-state index contributed by atoms with van der Waals surface area (Å²) in [5.41, 5.74) is 0.578. The van der Waals surface area contributed by atoms with Crippen LogP contribution in [0.15, 0.2) is 24.3 Å². The molecule has 1 aromatic rings. The number of methoxy groups -OCH3 is 1. The third-order valence-corrected chi connectivity index (χ3v) is 4.72. The predicted molar refractivity (Wildman–Crippen MR) is 94.5 cm³/mol. The summed E-state index contributed by atoms with van der Waals surface area (Å²) in [6.07, 6.45) is 1.46. The summed E-state index contributed by atoms with van der Waals surface area (Å²) >= 11 is 1.61. The van der Waals surface area contributed by atoms with E-state index in [1.807, 2.05) is 6.26 Å². The highest BCUT2D eigenvalue weighted by Gasteiger charge is 2.28. The van der Waals surface area contributed by atoms with E-state index in [1.165, 1.54) is 0 Å². The predicted octanol–water partition coefficient (Wildman–Crippen LogP) is 1.09. The van der Waals surface area contributed by atoms with Gasteiger partial charge in [-0.15, -0.1) is 0 Å². The Morgan fingerprint density at radius 2 is 1.92 bits per heavy atom. The SMILES string of the molecule is COc1cccc(C(=O)N2CCN(C(=O)[C@H](O)CCSC)CC2)c1. The summed E-state index contributed by atoms with van der Waals surface area (Å²) in [5, 5.41) is 9.91. The highest BCUT2D eigenvalue weighted by atomic mass is 32.2. The molecule has 1 N–H and O–H groups in total. The lowest BCUT2D eigenvalue weighted by Crippen LogP contribution is -2.53. The third-order valence-electron chi connectivity index (χ3n) is 4.08. The van der Waals surface area contributed by atoms with Gasteiger partial charge in [0.05, 0.1) is 7.11 Å². The number of hydrogen-bond acceptors (Lipinski definition) is 5. The van der Waals surface area contributed by atoms with Crippen LogP contribution in [0.5, 0.6) is 5.75 Å². The van der Waals surface area contributed by atoms with E-state index in [9.17, 15) is 14.7 Å². The Labute approximate surface area is 146 Å². The zero-order valence-corrected chi connectivity index (χ0v) is 14.9. The van der Waals surface area contributed by atoms with Crippen molar-refractivity contribution in [3.63, 3.8) is 0 Å². The number of carbonyl (C=O) groups is 2. The van der Waals surface area contributed by atoms with Crippen molar-refractivity contribution >= 4 is 23.6 Å². The first kappa shape index (κ1) is 18.6. The molecule has 1 atom stereocenters. The van der Waals surface area contributed by atoms with E-state index in [2.05, 4.69) is 0 Å². The second kappa shape index (κ2) is 8.94. The summed E-state index contributed by atoms with van der Waals surface area (Å²) in [6, 6.07) is 7.05. The molecule has 1 fully saturated rings. The first-order valence-electron chi connectivity index (χ1n) is 7.96. The molecule has 2 amide bonds. The van der Waals surface area contributed by atoms with Gasteiger partial charge in [-0.2, -0.15) is 11.8 Å². The molecule has 1 saturated heterocycles. The summed E-state index contributed by atoms with van der Waals surface area (Å²) < 4.78 is 5.15. The molecule has 0 spiro atoms. The van der Waals surface area contributed by atoms with Gasteiger partial charge in [0.25, 0.3) is 11.8 Å². The van der Waals surface area contributed by atoms with Crippen LogP contribution in [0, 0.1) is 0 Å². The Hall–Kier alpha value is -1.73. The molecule has 0 saturated carbocycles. The van der Waals surface area contributed by atoms with Crippen molar-refractivity contribution < 1.29 is 19.4 Å². The first-order valence-corrected chi connectivity index (χ1v) is 9.35. The number of carbonyl (C=O) groups excluding carboxylic acids is 2. The number of aliphatic hydroxyl groups is 1. The van der Waals surface area contributed by atoms with E-state index in [0.717, 1.165) is 5.75 Å². The van der Waals surface area contributed by atoms with E-state index in [1.54, 1.807) is 52.9 Å². The van der Waals surface area contributed by atoms with Crippen molar-refractivity contribution in [3.05, 3.63) is 29.8 Å². The number of thioether (sulfide) groups is 1. The van der Waals surface area contributed by atoms with Crippen LogP contribution in [0.3, 0.4) is 0 Å². The molecule has 1 aliphatic heterocycles. The Balaban J connectivity index is 1.89. The van der Waals surface area contributed by atoms with Crippen LogP contribution in [-0.4, -0.2) is 78.1 Å². The molecule has 2 rings (SSSR count). The molecule has 6 nitrogen and oxygen atoms in total. The minimum Gasteiger partial charge on any atom is -0.497 e. The van der Waals surface area contributed by atoms with E-state index in [-0.39, 0.29) is 11.8 Å². The van der Waals surface area contributed by atoms with Gasteiger partial charge in [0.2, 0.25) is 0 Å². The fourth-order valence-electron chi connectivity index (χ4n) is 2.63. The molecule has 0 aliphatic carbocycles. The van der Waals surface area contributed by atoms with Crippen LogP contribution in [0.2, 0.25) is 0 Å². The highest BCUT2D eigenvalue weighted by Crippen LogP contribution is 2.16. The molecule has 0 aromatic heterocycles. The lowest BCUT2D eigenvalue weighted by atomic mass is 10.1. The molecule has 0 radical (unpaired) electrons. The number of nitrogens with zero attached hydrogens (tertiary/aromatic N) is 2. The van der Waals surface area contributed by atoms with Gasteiger partial charge in [-0.3, -0.25) is 9.59 Å². The summed E-state index contributed by atoms with van der Waals surface area (Å²) in [7, 11) is 1.57. The van der Waals surface area contributed by atoms with E-state index < -0.39 is 6.10 Å². The van der Waals surface area contributed by atoms with Gasteiger partial charge >= 0.3 is 0 Å². The minimum absolute atomic E-state index is 0.0658. The van der Waals surface area contributed by atoms with Crippen LogP contribution >= 0.6 is 11.8 Å². The fourth-order valence-corrected chi connectivity index (χ4v) is 3.09. The van der Waals surface area contributed by atoms with Crippen LogP contribution in [0.4, 0.5) is 0 Å². The number of amides is 2. The molecular weight excluding hydrogens is 328 g/mol. The number of piperazine rings is 1. The largest absolute Gasteiger partial charge is 0.497 e. The summed E-state index contributed by atoms with van der Waals surface area (Å²) in [6.45, 7) is 1.84. The van der Waals surface area contributed by atoms with Crippen molar-refractivity contribution in [2.24, 2.45) is 0 Å². The van der Waals surface area contributed by atoms with Crippen molar-refractivity contribution in [3.8, 4) is 5.75 Å². The van der Waals surface area contributed by atoms with E-state index in [0.29, 0.717) is 43.9 Å². The molecule has 1 heterocycles. The lowest BCUT2D eigenvalue weighted by Gasteiger charge is -2.35. The zero-order valence-electron chi connectivity index (χ0n) is 14.1. The van der Waals surface area contributed by atoms with Crippen LogP contribution in [0.1, 0.15) is 16.8 Å². The molecule has 24 heavy (non-hydrogen) atoms. The third kappa shape index (κ3) is 4.64. The van der Waals surface area contributed by atoms with Crippen molar-refractivity contribution in [1.82, 2.24) is 9.80 Å². The topological polar surface area (TPSA) is 70.1 Å². The number of benzene rings is 1. The Morgan fingerprint density at radius 1 is 1.25 bits per heavy atom. The average molecular weight is 352 g/mol. The second-order valence-corrected chi connectivity index (χ2v) is 6.63. The number of rotatable bonds is 6. The van der Waals surface area contributed by atoms with Crippen molar-refractivity contribution in [2.75, 3.05) is 45.3 Å². The van der Waals surface area contributed by atoms with Gasteiger partial charge in [0.15, 0.2) is 0 Å². The Morgan fingerprint density at radius 3 is 2.54 bits per heavy atom. The smallest absolute Gasteiger partial charge is 0.254 e. The van der Waals surface area contributed by atoms with E-state index in [4.69, 9.17) is 4.74 Å². The zero-order chi connectivity index (χ0) is 17.5. The standard InChI is InChI=1S/C17H24N2O4S/c1-23-14-5-3-4-13(12-14)16(21)18-7-9-19(10-8-18)17(22)15(20)6-11-24-2/h3-5,12,15,20H,6-11H2,1-2H3/t15-/m1/s1. The van der Waals surface area contributed by atoms with Gasteiger partial charge < -0.3 is 19.6 Å². The van der Waals surface area contributed by atoms with Crippen LogP contribution in [0.25, 0.3) is 0 Å².